The van der Waals surface area contributed by atoms with E-state index in [1.54, 1.807) is 11.1 Å². The van der Waals surface area contributed by atoms with Crippen LogP contribution < -0.4 is 4.57 Å². The summed E-state index contributed by atoms with van der Waals surface area (Å²) in [6.07, 6.45) is 60.9. The molecule has 1 heteroatoms. The monoisotopic (exact) mass is 683 g/mol. The lowest BCUT2D eigenvalue weighted by Gasteiger charge is -2.07. The van der Waals surface area contributed by atoms with Gasteiger partial charge in [0.15, 0.2) is 12.4 Å². The second kappa shape index (κ2) is 38.4. The zero-order valence-corrected chi connectivity index (χ0v) is 34.5. The first-order valence-corrected chi connectivity index (χ1v) is 23.3. The molecule has 288 valence electrons. The van der Waals surface area contributed by atoms with Crippen LogP contribution in [0.3, 0.4) is 0 Å². The summed E-state index contributed by atoms with van der Waals surface area (Å²) in [6.45, 7) is 8.15. The Hall–Kier alpha value is -0.850. The molecular weight excluding hydrogens is 591 g/mol. The average molecular weight is 683 g/mol. The molecule has 0 fully saturated rings. The second-order valence-corrected chi connectivity index (χ2v) is 16.3. The number of nitrogens with zero attached hydrogens (tertiary/aromatic N) is 1. The molecule has 0 aliphatic heterocycles. The topological polar surface area (TPSA) is 3.88 Å². The van der Waals surface area contributed by atoms with Gasteiger partial charge in [0.1, 0.15) is 6.54 Å². The molecule has 0 radical (unpaired) electrons. The summed E-state index contributed by atoms with van der Waals surface area (Å²) in [5, 5.41) is 0. The Balaban J connectivity index is 2.08. The minimum Gasteiger partial charge on any atom is -0.205 e. The predicted molar refractivity (Wildman–Crippen MR) is 222 cm³/mol. The molecule has 1 rings (SSSR count). The van der Waals surface area contributed by atoms with Gasteiger partial charge in [-0.15, -0.1) is 0 Å². The standard InChI is InChI=1S/C48H92N/c1-4-7-10-12-14-16-18-20-22-24-26-28-30-32-34-36-38-41-47-44-48(46-49(45-47)43-40-9-6-3)42-39-37-35-33-31-29-27-25-23-21-19-17-15-13-11-8-5-2/h44-46H,4-43H2,1-3H3/q+1. The first-order valence-electron chi connectivity index (χ1n) is 23.3. The third kappa shape index (κ3) is 32.8. The maximum Gasteiger partial charge on any atom is 0.171 e. The summed E-state index contributed by atoms with van der Waals surface area (Å²) in [5.41, 5.74) is 3.20. The van der Waals surface area contributed by atoms with E-state index in [0.717, 1.165) is 0 Å². The zero-order chi connectivity index (χ0) is 35.1. The van der Waals surface area contributed by atoms with Crippen molar-refractivity contribution in [1.29, 1.82) is 0 Å². The fourth-order valence-corrected chi connectivity index (χ4v) is 7.83. The minimum atomic E-state index is 1.20. The number of pyridine rings is 1. The Bertz CT molecular complexity index is 712. The number of hydrogen-bond donors (Lipinski definition) is 0. The van der Waals surface area contributed by atoms with Crippen LogP contribution in [-0.2, 0) is 19.4 Å². The van der Waals surface area contributed by atoms with Gasteiger partial charge in [0, 0.05) is 17.5 Å². The molecule has 0 aliphatic rings. The lowest BCUT2D eigenvalue weighted by atomic mass is 10.0. The quantitative estimate of drug-likeness (QED) is 0.0479. The molecule has 0 N–H and O–H groups in total. The Labute approximate surface area is 311 Å². The van der Waals surface area contributed by atoms with E-state index in [1.807, 2.05) is 0 Å². The Morgan fingerprint density at radius 3 is 0.776 bits per heavy atom. The van der Waals surface area contributed by atoms with E-state index in [2.05, 4.69) is 43.8 Å². The number of aromatic nitrogens is 1. The van der Waals surface area contributed by atoms with E-state index in [-0.39, 0.29) is 0 Å². The SMILES string of the molecule is CCCCCCCCCCCCCCCCCCCc1cc(CCCCCCCCCCCCCCCCCCC)c[n+](CCCCC)c1. The highest BCUT2D eigenvalue weighted by Gasteiger charge is 2.08. The largest absolute Gasteiger partial charge is 0.205 e. The number of aryl methyl sites for hydroxylation is 3. The number of unbranched alkanes of at least 4 members (excludes halogenated alkanes) is 34. The van der Waals surface area contributed by atoms with Crippen LogP contribution >= 0.6 is 0 Å². The van der Waals surface area contributed by atoms with Crippen molar-refractivity contribution in [2.45, 2.75) is 278 Å². The van der Waals surface area contributed by atoms with E-state index in [1.165, 1.54) is 257 Å². The van der Waals surface area contributed by atoms with Gasteiger partial charge in [-0.05, 0) is 38.2 Å². The van der Waals surface area contributed by atoms with Crippen molar-refractivity contribution < 1.29 is 4.57 Å². The van der Waals surface area contributed by atoms with Gasteiger partial charge >= 0.3 is 0 Å². The van der Waals surface area contributed by atoms with Gasteiger partial charge in [-0.3, -0.25) is 0 Å². The molecular formula is C48H92N+. The summed E-state index contributed by atoms with van der Waals surface area (Å²) in [5.74, 6) is 0. The van der Waals surface area contributed by atoms with E-state index in [4.69, 9.17) is 0 Å². The normalized spacial score (nSPS) is 11.6. The summed E-state index contributed by atoms with van der Waals surface area (Å²) in [7, 11) is 0. The smallest absolute Gasteiger partial charge is 0.171 e. The number of hydrogen-bond acceptors (Lipinski definition) is 0. The van der Waals surface area contributed by atoms with Crippen LogP contribution in [0.2, 0.25) is 0 Å². The molecule has 0 saturated carbocycles. The van der Waals surface area contributed by atoms with Crippen molar-refractivity contribution in [2.75, 3.05) is 0 Å². The lowest BCUT2D eigenvalue weighted by Crippen LogP contribution is -2.34. The Morgan fingerprint density at radius 1 is 0.286 bits per heavy atom. The fourth-order valence-electron chi connectivity index (χ4n) is 7.83. The van der Waals surface area contributed by atoms with E-state index >= 15 is 0 Å². The van der Waals surface area contributed by atoms with Gasteiger partial charge in [-0.1, -0.05) is 233 Å². The summed E-state index contributed by atoms with van der Waals surface area (Å²) in [4.78, 5) is 0. The second-order valence-electron chi connectivity index (χ2n) is 16.3. The molecule has 49 heavy (non-hydrogen) atoms. The van der Waals surface area contributed by atoms with E-state index in [0.29, 0.717) is 0 Å². The molecule has 1 nitrogen and oxygen atoms in total. The van der Waals surface area contributed by atoms with Crippen LogP contribution in [0.25, 0.3) is 0 Å². The van der Waals surface area contributed by atoms with E-state index < -0.39 is 0 Å². The molecule has 0 spiro atoms. The summed E-state index contributed by atoms with van der Waals surface area (Å²) >= 11 is 0. The van der Waals surface area contributed by atoms with Crippen LogP contribution in [0.4, 0.5) is 0 Å². The fraction of sp³-hybridized carbons (Fsp3) is 0.896. The molecule has 0 atom stereocenters. The maximum atomic E-state index is 2.56. The van der Waals surface area contributed by atoms with Crippen molar-refractivity contribution >= 4 is 0 Å². The first-order chi connectivity index (χ1) is 24.3. The summed E-state index contributed by atoms with van der Waals surface area (Å²) < 4.78 is 2.54. The van der Waals surface area contributed by atoms with E-state index in [9.17, 15) is 0 Å². The van der Waals surface area contributed by atoms with Crippen molar-refractivity contribution in [1.82, 2.24) is 0 Å². The van der Waals surface area contributed by atoms with Gasteiger partial charge in [0.05, 0.1) is 0 Å². The zero-order valence-electron chi connectivity index (χ0n) is 34.5. The Kier molecular flexibility index (Phi) is 36.2. The molecule has 0 aliphatic carbocycles. The van der Waals surface area contributed by atoms with Crippen molar-refractivity contribution in [2.24, 2.45) is 0 Å². The van der Waals surface area contributed by atoms with Gasteiger partial charge in [0.2, 0.25) is 0 Å². The third-order valence-electron chi connectivity index (χ3n) is 11.2. The van der Waals surface area contributed by atoms with Crippen LogP contribution in [0, 0.1) is 0 Å². The molecule has 0 bridgehead atoms. The predicted octanol–water partition coefficient (Wildman–Crippen LogP) is 16.6. The molecule has 0 aromatic carbocycles. The van der Waals surface area contributed by atoms with Crippen LogP contribution in [0.1, 0.15) is 269 Å². The first kappa shape index (κ1) is 46.2. The van der Waals surface area contributed by atoms with Gasteiger partial charge in [-0.2, -0.15) is 0 Å². The van der Waals surface area contributed by atoms with Crippen LogP contribution in [0.5, 0.6) is 0 Å². The molecule has 0 saturated heterocycles. The van der Waals surface area contributed by atoms with Crippen LogP contribution in [-0.4, -0.2) is 0 Å². The molecule has 1 aromatic heterocycles. The molecule has 0 unspecified atom stereocenters. The molecule has 0 amide bonds. The number of rotatable bonds is 40. The lowest BCUT2D eigenvalue weighted by molar-refractivity contribution is -0.698. The molecule has 1 heterocycles. The molecule has 1 aromatic rings. The van der Waals surface area contributed by atoms with Gasteiger partial charge in [-0.25, -0.2) is 4.57 Å². The Morgan fingerprint density at radius 2 is 0.510 bits per heavy atom. The van der Waals surface area contributed by atoms with Crippen molar-refractivity contribution in [3.05, 3.63) is 29.6 Å². The minimum absolute atomic E-state index is 1.20. The highest BCUT2D eigenvalue weighted by atomic mass is 14.9. The highest BCUT2D eigenvalue weighted by Crippen LogP contribution is 2.17. The van der Waals surface area contributed by atoms with Gasteiger partial charge in [0.25, 0.3) is 0 Å². The van der Waals surface area contributed by atoms with Crippen LogP contribution in [0.15, 0.2) is 18.5 Å². The summed E-state index contributed by atoms with van der Waals surface area (Å²) in [6, 6.07) is 2.56. The highest BCUT2D eigenvalue weighted by molar-refractivity contribution is 5.15. The van der Waals surface area contributed by atoms with Crippen molar-refractivity contribution in [3.8, 4) is 0 Å². The third-order valence-corrected chi connectivity index (χ3v) is 11.2. The van der Waals surface area contributed by atoms with Gasteiger partial charge < -0.3 is 0 Å². The maximum absolute atomic E-state index is 2.56. The average Bonchev–Trinajstić information content (AvgIpc) is 3.11. The van der Waals surface area contributed by atoms with Crippen molar-refractivity contribution in [3.63, 3.8) is 0 Å².